The van der Waals surface area contributed by atoms with Crippen LogP contribution in [0.3, 0.4) is 0 Å². The summed E-state index contributed by atoms with van der Waals surface area (Å²) in [6, 6.07) is 9.80. The second kappa shape index (κ2) is 7.55. The fourth-order valence-electron chi connectivity index (χ4n) is 3.75. The van der Waals surface area contributed by atoms with Crippen LogP contribution in [0.1, 0.15) is 37.5 Å². The highest BCUT2D eigenvalue weighted by atomic mass is 32.1. The average Bonchev–Trinajstić information content (AvgIpc) is 3.20. The maximum absolute atomic E-state index is 13.5. The second-order valence-corrected chi connectivity index (χ2v) is 8.60. The minimum absolute atomic E-state index is 0.0213. The van der Waals surface area contributed by atoms with Crippen LogP contribution >= 0.6 is 11.3 Å². The predicted molar refractivity (Wildman–Crippen MR) is 117 cm³/mol. The number of phenols is 2. The number of Topliss-reactive ketones (excluding diaryl/α,β-unsaturated/α-hetero) is 1. The van der Waals surface area contributed by atoms with Gasteiger partial charge in [0, 0.05) is 0 Å². The topological polar surface area (TPSA) is 111 Å². The van der Waals surface area contributed by atoms with E-state index in [4.69, 9.17) is 0 Å². The number of carbonyl (C=O) groups excluding carboxylic acids is 2. The molecule has 2 heterocycles. The molecular weight excluding hydrogens is 416 g/mol. The maximum atomic E-state index is 13.5. The quantitative estimate of drug-likeness (QED) is 0.527. The van der Waals surface area contributed by atoms with Crippen LogP contribution < -0.4 is 4.90 Å². The third-order valence-electron chi connectivity index (χ3n) is 5.16. The molecule has 1 aliphatic rings. The molecule has 0 saturated heterocycles. The van der Waals surface area contributed by atoms with Gasteiger partial charge in [0.15, 0.2) is 5.76 Å². The van der Waals surface area contributed by atoms with Crippen LogP contribution in [-0.4, -0.2) is 32.0 Å². The fourth-order valence-corrected chi connectivity index (χ4v) is 4.62. The number of nitrogens with zero attached hydrogens (tertiary/aromatic N) is 2. The van der Waals surface area contributed by atoms with Gasteiger partial charge in [-0.15, -0.1) is 11.3 Å². The number of amides is 1. The molecule has 0 aliphatic carbocycles. The van der Waals surface area contributed by atoms with Crippen LogP contribution in [0.15, 0.2) is 53.8 Å². The molecule has 1 unspecified atom stereocenters. The number of aryl methyl sites for hydroxylation is 3. The number of hydrogen-bond acceptors (Lipinski definition) is 7. The molecule has 3 N–H and O–H groups in total. The number of anilines is 1. The first-order valence-electron chi connectivity index (χ1n) is 9.53. The first kappa shape index (κ1) is 20.6. The molecule has 1 aromatic heterocycles. The van der Waals surface area contributed by atoms with E-state index in [-0.39, 0.29) is 22.8 Å². The Kier molecular flexibility index (Phi) is 5.02. The zero-order valence-corrected chi connectivity index (χ0v) is 17.9. The first-order valence-corrected chi connectivity index (χ1v) is 10.3. The van der Waals surface area contributed by atoms with Gasteiger partial charge in [0.05, 0.1) is 32.9 Å². The van der Waals surface area contributed by atoms with Crippen LogP contribution in [0.2, 0.25) is 0 Å². The molecule has 0 saturated carbocycles. The molecular formula is C23H20N2O5S. The fraction of sp³-hybridized carbons (Fsp3) is 0.174. The lowest BCUT2D eigenvalue weighted by Crippen LogP contribution is -2.31. The van der Waals surface area contributed by atoms with Gasteiger partial charge in [-0.2, -0.15) is 0 Å². The lowest BCUT2D eigenvalue weighted by Gasteiger charge is -2.27. The molecule has 31 heavy (non-hydrogen) atoms. The van der Waals surface area contributed by atoms with E-state index in [0.29, 0.717) is 21.1 Å². The van der Waals surface area contributed by atoms with Crippen molar-refractivity contribution in [2.24, 2.45) is 0 Å². The van der Waals surface area contributed by atoms with Gasteiger partial charge >= 0.3 is 0 Å². The van der Waals surface area contributed by atoms with Crippen LogP contribution in [-0.2, 0) is 4.79 Å². The molecule has 4 rings (SSSR count). The summed E-state index contributed by atoms with van der Waals surface area (Å²) in [4.78, 5) is 32.5. The Hall–Kier alpha value is -3.65. The summed E-state index contributed by atoms with van der Waals surface area (Å²) >= 11 is 1.19. The minimum atomic E-state index is -0.991. The number of aliphatic hydroxyl groups excluding tert-OH is 1. The number of rotatable bonds is 4. The molecule has 0 fully saturated rings. The number of benzene rings is 2. The van der Waals surface area contributed by atoms with Crippen molar-refractivity contribution in [2.45, 2.75) is 26.8 Å². The van der Waals surface area contributed by atoms with Crippen molar-refractivity contribution in [3.63, 3.8) is 0 Å². The second-order valence-electron chi connectivity index (χ2n) is 7.40. The molecule has 8 heteroatoms. The third-order valence-corrected chi connectivity index (χ3v) is 6.23. The van der Waals surface area contributed by atoms with Crippen molar-refractivity contribution < 1.29 is 24.9 Å². The normalized spacial score (nSPS) is 16.3. The summed E-state index contributed by atoms with van der Waals surface area (Å²) in [5.74, 6) is -2.10. The Balaban J connectivity index is 1.93. The molecule has 0 radical (unpaired) electrons. The van der Waals surface area contributed by atoms with E-state index in [2.05, 4.69) is 4.98 Å². The number of ketones is 1. The summed E-state index contributed by atoms with van der Waals surface area (Å²) in [6.45, 7) is 5.28. The van der Waals surface area contributed by atoms with E-state index in [0.717, 1.165) is 5.56 Å². The lowest BCUT2D eigenvalue weighted by molar-refractivity contribution is -0.117. The van der Waals surface area contributed by atoms with Crippen LogP contribution in [0.5, 0.6) is 11.5 Å². The predicted octanol–water partition coefficient (Wildman–Crippen LogP) is 4.26. The van der Waals surface area contributed by atoms with Crippen LogP contribution in [0, 0.1) is 20.8 Å². The highest BCUT2D eigenvalue weighted by molar-refractivity contribution is 7.14. The summed E-state index contributed by atoms with van der Waals surface area (Å²) in [5, 5.41) is 31.7. The SMILES string of the molecule is Cc1ccc(O)c(N2C(=O)C(O)=C(C(=O)c3sc(C)nc3C)C2c2ccc(O)cc2)c1. The lowest BCUT2D eigenvalue weighted by atomic mass is 9.94. The number of carbonyl (C=O) groups is 2. The van der Waals surface area contributed by atoms with E-state index in [1.165, 1.54) is 34.4 Å². The number of thiazole rings is 1. The standard InChI is InChI=1S/C23H20N2O5S/c1-11-4-9-17(27)16(10-11)25-19(14-5-7-15(26)8-6-14)18(21(29)23(25)30)20(28)22-12(2)24-13(3)31-22/h4-10,19,26-27,29H,1-3H3. The van der Waals surface area contributed by atoms with Crippen molar-refractivity contribution in [1.82, 2.24) is 4.98 Å². The summed E-state index contributed by atoms with van der Waals surface area (Å²) < 4.78 is 0. The molecule has 2 aromatic carbocycles. The molecule has 1 amide bonds. The Labute approximate surface area is 182 Å². The number of hydrogen-bond donors (Lipinski definition) is 3. The number of aromatic nitrogens is 1. The Morgan fingerprint density at radius 1 is 1.03 bits per heavy atom. The molecule has 3 aromatic rings. The highest BCUT2D eigenvalue weighted by Crippen LogP contribution is 2.45. The third kappa shape index (κ3) is 3.44. The van der Waals surface area contributed by atoms with Gasteiger partial charge in [-0.1, -0.05) is 18.2 Å². The van der Waals surface area contributed by atoms with E-state index in [1.54, 1.807) is 38.1 Å². The van der Waals surface area contributed by atoms with Gasteiger partial charge in [0.2, 0.25) is 5.78 Å². The van der Waals surface area contributed by atoms with Crippen LogP contribution in [0.25, 0.3) is 0 Å². The van der Waals surface area contributed by atoms with Crippen molar-refractivity contribution in [2.75, 3.05) is 4.90 Å². The smallest absolute Gasteiger partial charge is 0.294 e. The van der Waals surface area contributed by atoms with Gasteiger partial charge in [-0.3, -0.25) is 14.5 Å². The van der Waals surface area contributed by atoms with Crippen molar-refractivity contribution in [3.05, 3.63) is 80.5 Å². The molecule has 0 spiro atoms. The van der Waals surface area contributed by atoms with Crippen molar-refractivity contribution in [3.8, 4) is 11.5 Å². The molecule has 158 valence electrons. The number of aliphatic hydroxyl groups is 1. The molecule has 0 bridgehead atoms. The maximum Gasteiger partial charge on any atom is 0.294 e. The van der Waals surface area contributed by atoms with Gasteiger partial charge in [0.1, 0.15) is 11.5 Å². The summed E-state index contributed by atoms with van der Waals surface area (Å²) in [6.07, 6.45) is 0. The zero-order chi connectivity index (χ0) is 22.4. The molecule has 7 nitrogen and oxygen atoms in total. The number of aromatic hydroxyl groups is 2. The zero-order valence-electron chi connectivity index (χ0n) is 17.1. The molecule has 1 aliphatic heterocycles. The monoisotopic (exact) mass is 436 g/mol. The average molecular weight is 436 g/mol. The van der Waals surface area contributed by atoms with Crippen molar-refractivity contribution >= 4 is 28.7 Å². The highest BCUT2D eigenvalue weighted by Gasteiger charge is 2.46. The van der Waals surface area contributed by atoms with Gasteiger partial charge in [-0.05, 0) is 56.2 Å². The van der Waals surface area contributed by atoms with Crippen molar-refractivity contribution in [1.29, 1.82) is 0 Å². The summed E-state index contributed by atoms with van der Waals surface area (Å²) in [5.41, 5.74) is 1.89. The van der Waals surface area contributed by atoms with E-state index in [1.807, 2.05) is 6.92 Å². The largest absolute Gasteiger partial charge is 0.508 e. The minimum Gasteiger partial charge on any atom is -0.508 e. The first-order chi connectivity index (χ1) is 14.7. The Morgan fingerprint density at radius 2 is 1.71 bits per heavy atom. The Bertz CT molecular complexity index is 1240. The van der Waals surface area contributed by atoms with E-state index in [9.17, 15) is 24.9 Å². The van der Waals surface area contributed by atoms with E-state index < -0.39 is 23.5 Å². The van der Waals surface area contributed by atoms with E-state index >= 15 is 0 Å². The summed E-state index contributed by atoms with van der Waals surface area (Å²) in [7, 11) is 0. The van der Waals surface area contributed by atoms with Gasteiger partial charge in [-0.25, -0.2) is 4.98 Å². The number of phenolic OH excluding ortho intramolecular Hbond substituents is 2. The van der Waals surface area contributed by atoms with Crippen LogP contribution in [0.4, 0.5) is 5.69 Å². The Morgan fingerprint density at radius 3 is 2.32 bits per heavy atom. The van der Waals surface area contributed by atoms with Gasteiger partial charge in [0.25, 0.3) is 5.91 Å². The van der Waals surface area contributed by atoms with Gasteiger partial charge < -0.3 is 15.3 Å². The molecule has 1 atom stereocenters.